The molecule has 0 saturated heterocycles. The van der Waals surface area contributed by atoms with E-state index in [4.69, 9.17) is 14.2 Å². The Balaban J connectivity index is 1.68. The molecule has 0 fully saturated rings. The summed E-state index contributed by atoms with van der Waals surface area (Å²) in [6.07, 6.45) is 1.75. The molecule has 0 aliphatic heterocycles. The van der Waals surface area contributed by atoms with Crippen LogP contribution in [-0.4, -0.2) is 40.8 Å². The van der Waals surface area contributed by atoms with Crippen LogP contribution in [-0.2, 0) is 20.8 Å². The number of benzene rings is 1. The van der Waals surface area contributed by atoms with E-state index in [0.717, 1.165) is 11.3 Å². The normalized spacial score (nSPS) is 11.8. The zero-order chi connectivity index (χ0) is 22.4. The summed E-state index contributed by atoms with van der Waals surface area (Å²) < 4.78 is 17.2. The van der Waals surface area contributed by atoms with Crippen molar-refractivity contribution in [2.45, 2.75) is 39.8 Å². The number of rotatable bonds is 9. The van der Waals surface area contributed by atoms with E-state index in [1.54, 1.807) is 13.8 Å². The van der Waals surface area contributed by atoms with E-state index in [-0.39, 0.29) is 25.9 Å². The van der Waals surface area contributed by atoms with Crippen molar-refractivity contribution in [3.8, 4) is 5.75 Å². The smallest absolute Gasteiger partial charge is 0.348 e. The lowest BCUT2D eigenvalue weighted by Gasteiger charge is -2.11. The first kappa shape index (κ1) is 22.5. The van der Waals surface area contributed by atoms with Crippen molar-refractivity contribution in [1.82, 2.24) is 9.55 Å². The molecule has 0 aliphatic rings. The van der Waals surface area contributed by atoms with E-state index in [9.17, 15) is 14.4 Å². The molecule has 0 bridgehead atoms. The van der Waals surface area contributed by atoms with Crippen molar-refractivity contribution in [3.63, 3.8) is 0 Å². The molecule has 1 atom stereocenters. The molecule has 9 heteroatoms. The number of carbonyl (C=O) groups excluding carboxylic acids is 2. The molecule has 0 spiro atoms. The fraction of sp³-hybridized carbons (Fsp3) is 0.364. The maximum absolute atomic E-state index is 12.8. The third kappa shape index (κ3) is 5.49. The summed E-state index contributed by atoms with van der Waals surface area (Å²) in [6, 6.07) is 9.21. The second-order valence-corrected chi connectivity index (χ2v) is 7.92. The lowest BCUT2D eigenvalue weighted by atomic mass is 10.2. The zero-order valence-corrected chi connectivity index (χ0v) is 18.4. The third-order valence-electron chi connectivity index (χ3n) is 4.64. The summed E-state index contributed by atoms with van der Waals surface area (Å²) in [6.45, 7) is 5.40. The van der Waals surface area contributed by atoms with Gasteiger partial charge < -0.3 is 14.2 Å². The first-order valence-electron chi connectivity index (χ1n) is 9.93. The minimum absolute atomic E-state index is 0.0700. The fourth-order valence-corrected chi connectivity index (χ4v) is 3.86. The van der Waals surface area contributed by atoms with Gasteiger partial charge in [0.05, 0.1) is 17.8 Å². The zero-order valence-electron chi connectivity index (χ0n) is 17.6. The van der Waals surface area contributed by atoms with Gasteiger partial charge in [0.2, 0.25) is 0 Å². The number of carbonyl (C=O) groups is 2. The predicted molar refractivity (Wildman–Crippen MR) is 117 cm³/mol. The molecule has 0 N–H and O–H groups in total. The lowest BCUT2D eigenvalue weighted by Crippen LogP contribution is -2.27. The highest BCUT2D eigenvalue weighted by Gasteiger charge is 2.21. The Kier molecular flexibility index (Phi) is 7.41. The van der Waals surface area contributed by atoms with Crippen LogP contribution in [0, 0.1) is 6.92 Å². The topological polar surface area (TPSA) is 96.7 Å². The summed E-state index contributed by atoms with van der Waals surface area (Å²) in [7, 11) is 0. The number of esters is 2. The van der Waals surface area contributed by atoms with Crippen LogP contribution < -0.4 is 10.3 Å². The Morgan fingerprint density at radius 1 is 1.19 bits per heavy atom. The SMILES string of the molecule is CCC(C)OC(=O)Cn1cnc2sc(C(=O)OCCOc3ccccc3)c(C)c2c1=O. The maximum Gasteiger partial charge on any atom is 0.348 e. The molecule has 3 rings (SSSR count). The molecule has 1 unspecified atom stereocenters. The molecule has 0 saturated carbocycles. The average molecular weight is 445 g/mol. The van der Waals surface area contributed by atoms with E-state index < -0.39 is 17.5 Å². The van der Waals surface area contributed by atoms with Crippen LogP contribution in [0.25, 0.3) is 10.2 Å². The highest BCUT2D eigenvalue weighted by molar-refractivity contribution is 7.20. The first-order chi connectivity index (χ1) is 14.9. The van der Waals surface area contributed by atoms with Crippen molar-refractivity contribution in [2.24, 2.45) is 0 Å². The van der Waals surface area contributed by atoms with Gasteiger partial charge in [-0.1, -0.05) is 25.1 Å². The number of hydrogen-bond donors (Lipinski definition) is 0. The van der Waals surface area contributed by atoms with Crippen molar-refractivity contribution in [1.29, 1.82) is 0 Å². The van der Waals surface area contributed by atoms with Gasteiger partial charge in [0.15, 0.2) is 0 Å². The Morgan fingerprint density at radius 2 is 1.94 bits per heavy atom. The number of nitrogens with zero attached hydrogens (tertiary/aromatic N) is 2. The van der Waals surface area contributed by atoms with E-state index in [0.29, 0.717) is 32.8 Å². The summed E-state index contributed by atoms with van der Waals surface area (Å²) in [5.74, 6) is -0.365. The molecule has 0 radical (unpaired) electrons. The molecule has 8 nitrogen and oxygen atoms in total. The van der Waals surface area contributed by atoms with Crippen molar-refractivity contribution < 1.29 is 23.8 Å². The average Bonchev–Trinajstić information content (AvgIpc) is 3.11. The van der Waals surface area contributed by atoms with Gasteiger partial charge in [-0.15, -0.1) is 11.3 Å². The van der Waals surface area contributed by atoms with E-state index in [1.165, 1.54) is 10.9 Å². The molecule has 0 amide bonds. The molecular weight excluding hydrogens is 420 g/mol. The summed E-state index contributed by atoms with van der Waals surface area (Å²) in [4.78, 5) is 42.3. The van der Waals surface area contributed by atoms with E-state index in [1.807, 2.05) is 37.3 Å². The molecule has 1 aromatic carbocycles. The number of para-hydroxylation sites is 1. The second-order valence-electron chi connectivity index (χ2n) is 6.92. The van der Waals surface area contributed by atoms with Gasteiger partial charge in [-0.2, -0.15) is 0 Å². The standard InChI is InChI=1S/C22H24N2O6S/c1-4-14(2)30-17(25)12-24-13-23-20-18(21(24)26)15(3)19(31-20)22(27)29-11-10-28-16-8-6-5-7-9-16/h5-9,13-14H,4,10-12H2,1-3H3. The van der Waals surface area contributed by atoms with Crippen LogP contribution in [0.3, 0.4) is 0 Å². The number of fused-ring (bicyclic) bond motifs is 1. The second kappa shape index (κ2) is 10.2. The number of thiophene rings is 1. The van der Waals surface area contributed by atoms with E-state index >= 15 is 0 Å². The van der Waals surface area contributed by atoms with Crippen molar-refractivity contribution in [2.75, 3.05) is 13.2 Å². The number of aromatic nitrogens is 2. The molecule has 164 valence electrons. The third-order valence-corrected chi connectivity index (χ3v) is 5.82. The minimum Gasteiger partial charge on any atom is -0.490 e. The molecule has 31 heavy (non-hydrogen) atoms. The molecule has 3 aromatic rings. The molecular formula is C22H24N2O6S. The van der Waals surface area contributed by atoms with Crippen molar-refractivity contribution >= 4 is 33.5 Å². The van der Waals surface area contributed by atoms with Gasteiger partial charge in [0.1, 0.15) is 35.2 Å². The van der Waals surface area contributed by atoms with Crippen LogP contribution in [0.1, 0.15) is 35.5 Å². The molecule has 0 aliphatic carbocycles. The number of hydrogen-bond acceptors (Lipinski definition) is 8. The van der Waals surface area contributed by atoms with Crippen LogP contribution in [0.15, 0.2) is 41.5 Å². The maximum atomic E-state index is 12.8. The highest BCUT2D eigenvalue weighted by Crippen LogP contribution is 2.27. The Morgan fingerprint density at radius 3 is 2.65 bits per heavy atom. The summed E-state index contributed by atoms with van der Waals surface area (Å²) in [5, 5.41) is 0.302. The first-order valence-corrected chi connectivity index (χ1v) is 10.7. The van der Waals surface area contributed by atoms with Gasteiger partial charge >= 0.3 is 11.9 Å². The summed E-state index contributed by atoms with van der Waals surface area (Å²) >= 11 is 1.09. The van der Waals surface area contributed by atoms with E-state index in [2.05, 4.69) is 4.98 Å². The van der Waals surface area contributed by atoms with Gasteiger partial charge in [0, 0.05) is 0 Å². The number of aryl methyl sites for hydroxylation is 1. The number of ether oxygens (including phenoxy) is 3. The largest absolute Gasteiger partial charge is 0.490 e. The van der Waals surface area contributed by atoms with Crippen LogP contribution in [0.2, 0.25) is 0 Å². The fourth-order valence-electron chi connectivity index (χ4n) is 2.83. The van der Waals surface area contributed by atoms with Gasteiger partial charge in [0.25, 0.3) is 5.56 Å². The van der Waals surface area contributed by atoms with Crippen LogP contribution >= 0.6 is 11.3 Å². The quantitative estimate of drug-likeness (QED) is 0.369. The summed E-state index contributed by atoms with van der Waals surface area (Å²) in [5.41, 5.74) is 0.0856. The van der Waals surface area contributed by atoms with Gasteiger partial charge in [-0.25, -0.2) is 9.78 Å². The van der Waals surface area contributed by atoms with Gasteiger partial charge in [-0.05, 0) is 38.0 Å². The molecule has 2 aromatic heterocycles. The Bertz CT molecular complexity index is 1120. The predicted octanol–water partition coefficient (Wildman–Crippen LogP) is 3.34. The highest BCUT2D eigenvalue weighted by atomic mass is 32.1. The Hall–Kier alpha value is -3.20. The Labute approximate surface area is 183 Å². The van der Waals surface area contributed by atoms with Gasteiger partial charge in [-0.3, -0.25) is 14.2 Å². The van der Waals surface area contributed by atoms with Crippen LogP contribution in [0.5, 0.6) is 5.75 Å². The lowest BCUT2D eigenvalue weighted by molar-refractivity contribution is -0.149. The monoisotopic (exact) mass is 444 g/mol. The minimum atomic E-state index is -0.542. The molecule has 2 heterocycles. The van der Waals surface area contributed by atoms with Crippen LogP contribution in [0.4, 0.5) is 0 Å². The van der Waals surface area contributed by atoms with Crippen molar-refractivity contribution in [3.05, 3.63) is 57.5 Å².